The van der Waals surface area contributed by atoms with Gasteiger partial charge in [0, 0.05) is 0 Å². The third kappa shape index (κ3) is 4.26. The van der Waals surface area contributed by atoms with Crippen molar-refractivity contribution in [3.8, 4) is 5.75 Å². The molecule has 7 heteroatoms. The number of carbonyl (C=O) groups is 1. The van der Waals surface area contributed by atoms with Gasteiger partial charge in [0.25, 0.3) is 5.09 Å². The highest BCUT2D eigenvalue weighted by molar-refractivity contribution is 9.09. The summed E-state index contributed by atoms with van der Waals surface area (Å²) in [7, 11) is 0. The fraction of sp³-hybridized carbons (Fsp3) is 0.222. The Hall–Kier alpha value is -1.63. The average molecular weight is 290 g/mol. The van der Waals surface area contributed by atoms with Gasteiger partial charge in [0.2, 0.25) is 0 Å². The monoisotopic (exact) mass is 289 g/mol. The first-order valence-electron chi connectivity index (χ1n) is 4.24. The maximum absolute atomic E-state index is 11.0. The quantitative estimate of drug-likeness (QED) is 0.271. The second-order valence-corrected chi connectivity index (χ2v) is 3.31. The van der Waals surface area contributed by atoms with E-state index >= 15 is 0 Å². The summed E-state index contributed by atoms with van der Waals surface area (Å²) in [5, 5.41) is 9.18. The third-order valence-corrected chi connectivity index (χ3v) is 2.03. The predicted octanol–water partition coefficient (Wildman–Crippen LogP) is 1.70. The molecule has 0 N–H and O–H groups in total. The molecule has 0 atom stereocenters. The maximum atomic E-state index is 11.0. The van der Waals surface area contributed by atoms with Crippen molar-refractivity contribution < 1.29 is 19.5 Å². The Morgan fingerprint density at radius 1 is 1.50 bits per heavy atom. The van der Waals surface area contributed by atoms with E-state index < -0.39 is 11.1 Å². The molecule has 0 bridgehead atoms. The number of ether oxygens (including phenoxy) is 1. The van der Waals surface area contributed by atoms with Crippen molar-refractivity contribution in [2.75, 3.05) is 5.33 Å². The van der Waals surface area contributed by atoms with E-state index in [2.05, 4.69) is 20.8 Å². The van der Waals surface area contributed by atoms with Gasteiger partial charge in [-0.2, -0.15) is 0 Å². The zero-order valence-corrected chi connectivity index (χ0v) is 9.68. The van der Waals surface area contributed by atoms with Crippen LogP contribution in [0.2, 0.25) is 0 Å². The minimum atomic E-state index is -0.878. The zero-order chi connectivity index (χ0) is 12.0. The van der Waals surface area contributed by atoms with Crippen LogP contribution in [-0.4, -0.2) is 16.4 Å². The highest BCUT2D eigenvalue weighted by Crippen LogP contribution is 2.14. The van der Waals surface area contributed by atoms with Crippen molar-refractivity contribution in [1.29, 1.82) is 0 Å². The molecule has 0 fully saturated rings. The predicted molar refractivity (Wildman–Crippen MR) is 57.7 cm³/mol. The normalized spacial score (nSPS) is 9.56. The Morgan fingerprint density at radius 2 is 2.25 bits per heavy atom. The second kappa shape index (κ2) is 6.06. The summed E-state index contributed by atoms with van der Waals surface area (Å²) in [6.07, 6.45) is 0. The Kier molecular flexibility index (Phi) is 4.71. The van der Waals surface area contributed by atoms with Gasteiger partial charge in [0.05, 0.1) is 0 Å². The Labute approximate surface area is 99.4 Å². The lowest BCUT2D eigenvalue weighted by molar-refractivity contribution is -0.763. The van der Waals surface area contributed by atoms with Gasteiger partial charge < -0.3 is 9.57 Å². The smallest absolute Gasteiger partial charge is 0.321 e. The Bertz CT molecular complexity index is 395. The molecule has 0 aliphatic rings. The number of nitrogens with zero attached hydrogens (tertiary/aromatic N) is 1. The lowest BCUT2D eigenvalue weighted by atomic mass is 10.2. The van der Waals surface area contributed by atoms with Gasteiger partial charge in [-0.15, -0.1) is 10.1 Å². The molecule has 86 valence electrons. The summed E-state index contributed by atoms with van der Waals surface area (Å²) < 4.78 is 4.90. The van der Waals surface area contributed by atoms with Gasteiger partial charge in [0.15, 0.2) is 0 Å². The van der Waals surface area contributed by atoms with Crippen LogP contribution in [0.3, 0.4) is 0 Å². The fourth-order valence-electron chi connectivity index (χ4n) is 0.985. The molecule has 6 nitrogen and oxygen atoms in total. The minimum Gasteiger partial charge on any atom is -0.426 e. The Balaban J connectivity index is 2.63. The molecule has 0 aromatic heterocycles. The van der Waals surface area contributed by atoms with Crippen LogP contribution in [0.4, 0.5) is 0 Å². The number of hydrogen-bond acceptors (Lipinski definition) is 5. The number of rotatable bonds is 5. The summed E-state index contributed by atoms with van der Waals surface area (Å²) in [6, 6.07) is 6.34. The van der Waals surface area contributed by atoms with Gasteiger partial charge in [0.1, 0.15) is 17.7 Å². The standard InChI is InChI=1S/C9H8BrNO5/c10-5-9(12)16-8-3-1-2-7(4-8)6-15-11(13)14/h1-4H,5-6H2. The van der Waals surface area contributed by atoms with Crippen molar-refractivity contribution in [3.05, 3.63) is 39.9 Å². The molecular formula is C9H8BrNO5. The second-order valence-electron chi connectivity index (χ2n) is 2.75. The molecule has 0 saturated heterocycles. The number of hydrogen-bond donors (Lipinski definition) is 0. The lowest BCUT2D eigenvalue weighted by Crippen LogP contribution is -2.09. The highest BCUT2D eigenvalue weighted by Gasteiger charge is 2.04. The van der Waals surface area contributed by atoms with Crippen molar-refractivity contribution in [2.24, 2.45) is 0 Å². The van der Waals surface area contributed by atoms with E-state index in [-0.39, 0.29) is 11.9 Å². The van der Waals surface area contributed by atoms with E-state index in [1.807, 2.05) is 0 Å². The third-order valence-electron chi connectivity index (χ3n) is 1.58. The van der Waals surface area contributed by atoms with E-state index in [1.165, 1.54) is 6.07 Å². The van der Waals surface area contributed by atoms with Gasteiger partial charge in [-0.05, 0) is 17.7 Å². The first-order chi connectivity index (χ1) is 7.61. The molecule has 16 heavy (non-hydrogen) atoms. The average Bonchev–Trinajstić information content (AvgIpc) is 2.26. The Morgan fingerprint density at radius 3 is 2.88 bits per heavy atom. The van der Waals surface area contributed by atoms with Crippen molar-refractivity contribution in [3.63, 3.8) is 0 Å². The molecule has 1 rings (SSSR count). The number of halogens is 1. The van der Waals surface area contributed by atoms with Crippen LogP contribution in [0.1, 0.15) is 5.56 Å². The topological polar surface area (TPSA) is 78.7 Å². The molecular weight excluding hydrogens is 282 g/mol. The maximum Gasteiger partial charge on any atom is 0.321 e. The van der Waals surface area contributed by atoms with E-state index in [0.717, 1.165) is 0 Å². The number of benzene rings is 1. The molecule has 0 radical (unpaired) electrons. The van der Waals surface area contributed by atoms with Crippen molar-refractivity contribution in [1.82, 2.24) is 0 Å². The van der Waals surface area contributed by atoms with E-state index in [0.29, 0.717) is 11.3 Å². The summed E-state index contributed by atoms with van der Waals surface area (Å²) in [4.78, 5) is 25.1. The van der Waals surface area contributed by atoms with Crippen LogP contribution in [0.5, 0.6) is 5.75 Å². The molecule has 0 amide bonds. The van der Waals surface area contributed by atoms with Crippen LogP contribution in [0.25, 0.3) is 0 Å². The molecule has 0 saturated carbocycles. The van der Waals surface area contributed by atoms with E-state index in [4.69, 9.17) is 4.74 Å². The minimum absolute atomic E-state index is 0.0859. The van der Waals surface area contributed by atoms with Crippen molar-refractivity contribution in [2.45, 2.75) is 6.61 Å². The van der Waals surface area contributed by atoms with E-state index in [9.17, 15) is 14.9 Å². The molecule has 0 spiro atoms. The molecule has 1 aromatic rings. The summed E-state index contributed by atoms with van der Waals surface area (Å²) >= 11 is 2.95. The van der Waals surface area contributed by atoms with Crippen LogP contribution >= 0.6 is 15.9 Å². The van der Waals surface area contributed by atoms with Crippen LogP contribution < -0.4 is 4.74 Å². The summed E-state index contributed by atoms with van der Waals surface area (Å²) in [5.41, 5.74) is 0.552. The molecule has 0 unspecified atom stereocenters. The first-order valence-corrected chi connectivity index (χ1v) is 5.37. The largest absolute Gasteiger partial charge is 0.426 e. The van der Waals surface area contributed by atoms with Crippen LogP contribution in [0.15, 0.2) is 24.3 Å². The van der Waals surface area contributed by atoms with Crippen LogP contribution in [0, 0.1) is 10.1 Å². The summed E-state index contributed by atoms with van der Waals surface area (Å²) in [6.45, 7) is -0.174. The van der Waals surface area contributed by atoms with Crippen molar-refractivity contribution >= 4 is 21.9 Å². The van der Waals surface area contributed by atoms with E-state index in [1.54, 1.807) is 18.2 Å². The molecule has 0 aliphatic carbocycles. The van der Waals surface area contributed by atoms with Gasteiger partial charge in [-0.25, -0.2) is 0 Å². The number of alkyl halides is 1. The number of carbonyl (C=O) groups excluding carboxylic acids is 1. The molecule has 0 heterocycles. The number of esters is 1. The van der Waals surface area contributed by atoms with Gasteiger partial charge in [-0.3, -0.25) is 4.79 Å². The van der Waals surface area contributed by atoms with Crippen LogP contribution in [-0.2, 0) is 16.2 Å². The lowest BCUT2D eigenvalue weighted by Gasteiger charge is -2.04. The van der Waals surface area contributed by atoms with Gasteiger partial charge >= 0.3 is 5.97 Å². The molecule has 0 aliphatic heterocycles. The highest BCUT2D eigenvalue weighted by atomic mass is 79.9. The molecule has 1 aromatic carbocycles. The fourth-order valence-corrected chi connectivity index (χ4v) is 1.10. The first kappa shape index (κ1) is 12.4. The zero-order valence-electron chi connectivity index (χ0n) is 8.09. The van der Waals surface area contributed by atoms with Gasteiger partial charge in [-0.1, -0.05) is 28.1 Å². The summed E-state index contributed by atoms with van der Waals surface area (Å²) in [5.74, 6) is -0.110. The SMILES string of the molecule is O=C(CBr)Oc1cccc(CO[N+](=O)[O-])c1.